The van der Waals surface area contributed by atoms with Gasteiger partial charge in [-0.2, -0.15) is 0 Å². The summed E-state index contributed by atoms with van der Waals surface area (Å²) in [5.74, 6) is -0.338. The molecule has 2 aromatic carbocycles. The van der Waals surface area contributed by atoms with Crippen LogP contribution in [0.1, 0.15) is 6.92 Å². The number of alkyl halides is 3. The van der Waals surface area contributed by atoms with Gasteiger partial charge in [-0.3, -0.25) is 4.79 Å². The summed E-state index contributed by atoms with van der Waals surface area (Å²) in [4.78, 5) is 16.9. The second kappa shape index (κ2) is 8.39. The van der Waals surface area contributed by atoms with Gasteiger partial charge >= 0.3 is 6.36 Å². The Morgan fingerprint density at radius 1 is 1.21 bits per heavy atom. The molecule has 1 atom stereocenters. The van der Waals surface area contributed by atoms with E-state index in [0.29, 0.717) is 17.2 Å². The number of ether oxygens (including phenoxy) is 1. The molecular weight excluding hydrogens is 389 g/mol. The fraction of sp³-hybridized carbons (Fsp3) is 0.263. The molecule has 3 N–H and O–H groups in total. The molecule has 0 saturated heterocycles. The van der Waals surface area contributed by atoms with Gasteiger partial charge in [0.05, 0.1) is 17.1 Å². The first-order valence-electron chi connectivity index (χ1n) is 8.74. The lowest BCUT2D eigenvalue weighted by Gasteiger charge is -2.13. The maximum atomic E-state index is 12.5. The Kier molecular flexibility index (Phi) is 5.92. The van der Waals surface area contributed by atoms with Gasteiger partial charge in [-0.15, -0.1) is 13.2 Å². The van der Waals surface area contributed by atoms with Crippen LogP contribution in [0.3, 0.4) is 0 Å². The molecule has 3 rings (SSSR count). The molecule has 0 fully saturated rings. The molecule has 1 heterocycles. The molecule has 29 heavy (non-hydrogen) atoms. The summed E-state index contributed by atoms with van der Waals surface area (Å²) in [5, 5.41) is 15.1. The van der Waals surface area contributed by atoms with Crippen LogP contribution in [0.5, 0.6) is 5.75 Å². The standard InChI is InChI=1S/C19H19F3N4O3/c1-12(27)10-23-18-25-15-4-2-3-5-16(15)26(18)11-17(28)24-13-6-8-14(9-7-13)29-19(20,21)22/h2-9,12,27H,10-11H2,1H3,(H,23,25)(H,24,28)/t12-/m0/s1. The smallest absolute Gasteiger partial charge is 0.406 e. The zero-order valence-corrected chi connectivity index (χ0v) is 15.4. The monoisotopic (exact) mass is 408 g/mol. The van der Waals surface area contributed by atoms with Crippen molar-refractivity contribution in [3.63, 3.8) is 0 Å². The van der Waals surface area contributed by atoms with E-state index >= 15 is 0 Å². The molecule has 0 aliphatic rings. The summed E-state index contributed by atoms with van der Waals surface area (Å²) in [6.45, 7) is 1.80. The van der Waals surface area contributed by atoms with Crippen molar-refractivity contribution >= 4 is 28.6 Å². The van der Waals surface area contributed by atoms with Crippen LogP contribution in [-0.4, -0.2) is 39.6 Å². The zero-order chi connectivity index (χ0) is 21.0. The van der Waals surface area contributed by atoms with Gasteiger partial charge in [-0.05, 0) is 43.3 Å². The van der Waals surface area contributed by atoms with Crippen molar-refractivity contribution in [3.8, 4) is 5.75 Å². The largest absolute Gasteiger partial charge is 0.573 e. The number of halogens is 3. The van der Waals surface area contributed by atoms with Crippen molar-refractivity contribution in [3.05, 3.63) is 48.5 Å². The number of carbonyl (C=O) groups is 1. The number of anilines is 2. The number of aliphatic hydroxyl groups is 1. The summed E-state index contributed by atoms with van der Waals surface area (Å²) in [5.41, 5.74) is 1.74. The number of carbonyl (C=O) groups excluding carboxylic acids is 1. The molecule has 0 saturated carbocycles. The number of rotatable bonds is 7. The summed E-state index contributed by atoms with van der Waals surface area (Å²) in [6, 6.07) is 12.1. The van der Waals surface area contributed by atoms with Crippen LogP contribution in [0.4, 0.5) is 24.8 Å². The van der Waals surface area contributed by atoms with Crippen LogP contribution in [0.15, 0.2) is 48.5 Å². The highest BCUT2D eigenvalue weighted by molar-refractivity contribution is 5.92. The Hall–Kier alpha value is -3.27. The lowest BCUT2D eigenvalue weighted by Crippen LogP contribution is -2.22. The molecule has 0 spiro atoms. The fourth-order valence-corrected chi connectivity index (χ4v) is 2.69. The predicted octanol–water partition coefficient (Wildman–Crippen LogP) is 3.37. The molecule has 1 amide bonds. The molecule has 0 radical (unpaired) electrons. The number of amides is 1. The van der Waals surface area contributed by atoms with Crippen LogP contribution < -0.4 is 15.4 Å². The highest BCUT2D eigenvalue weighted by atomic mass is 19.4. The molecule has 10 heteroatoms. The van der Waals surface area contributed by atoms with E-state index in [0.717, 1.165) is 17.6 Å². The molecule has 7 nitrogen and oxygen atoms in total. The number of nitrogens with one attached hydrogen (secondary N) is 2. The quantitative estimate of drug-likeness (QED) is 0.558. The van der Waals surface area contributed by atoms with Crippen LogP contribution >= 0.6 is 0 Å². The first-order chi connectivity index (χ1) is 13.7. The summed E-state index contributed by atoms with van der Waals surface area (Å²) >= 11 is 0. The summed E-state index contributed by atoms with van der Waals surface area (Å²) in [7, 11) is 0. The minimum atomic E-state index is -4.78. The number of fused-ring (bicyclic) bond motifs is 1. The van der Waals surface area contributed by atoms with E-state index in [-0.39, 0.29) is 18.8 Å². The highest BCUT2D eigenvalue weighted by Gasteiger charge is 2.31. The first-order valence-corrected chi connectivity index (χ1v) is 8.74. The third-order valence-corrected chi connectivity index (χ3v) is 3.88. The number of aromatic nitrogens is 2. The van der Waals surface area contributed by atoms with E-state index < -0.39 is 18.4 Å². The van der Waals surface area contributed by atoms with E-state index in [2.05, 4.69) is 20.4 Å². The topological polar surface area (TPSA) is 88.4 Å². The third kappa shape index (κ3) is 5.61. The Bertz CT molecular complexity index is 985. The predicted molar refractivity (Wildman–Crippen MR) is 102 cm³/mol. The van der Waals surface area contributed by atoms with E-state index in [1.165, 1.54) is 12.1 Å². The van der Waals surface area contributed by atoms with Crippen molar-refractivity contribution in [2.75, 3.05) is 17.2 Å². The molecule has 0 bridgehead atoms. The number of hydrogen-bond donors (Lipinski definition) is 3. The second-order valence-electron chi connectivity index (χ2n) is 6.36. The lowest BCUT2D eigenvalue weighted by molar-refractivity contribution is -0.274. The Morgan fingerprint density at radius 2 is 1.90 bits per heavy atom. The normalized spacial score (nSPS) is 12.6. The number of benzene rings is 2. The van der Waals surface area contributed by atoms with E-state index in [9.17, 15) is 23.1 Å². The summed E-state index contributed by atoms with van der Waals surface area (Å²) in [6.07, 6.45) is -5.38. The average Bonchev–Trinajstić information content (AvgIpc) is 2.98. The number of hydrogen-bond acceptors (Lipinski definition) is 5. The fourth-order valence-electron chi connectivity index (χ4n) is 2.69. The van der Waals surface area contributed by atoms with Gasteiger partial charge in [-0.1, -0.05) is 12.1 Å². The van der Waals surface area contributed by atoms with E-state index in [1.54, 1.807) is 17.6 Å². The minimum absolute atomic E-state index is 0.0799. The molecule has 0 aliphatic heterocycles. The van der Waals surface area contributed by atoms with Gasteiger partial charge in [0.15, 0.2) is 0 Å². The summed E-state index contributed by atoms with van der Waals surface area (Å²) < 4.78 is 42.1. The van der Waals surface area contributed by atoms with Crippen LogP contribution in [0, 0.1) is 0 Å². The van der Waals surface area contributed by atoms with Gasteiger partial charge in [0, 0.05) is 12.2 Å². The van der Waals surface area contributed by atoms with Crippen molar-refractivity contribution < 1.29 is 27.8 Å². The average molecular weight is 408 g/mol. The van der Waals surface area contributed by atoms with E-state index in [1.807, 2.05) is 18.2 Å². The van der Waals surface area contributed by atoms with Gasteiger partial charge in [0.2, 0.25) is 11.9 Å². The van der Waals surface area contributed by atoms with Gasteiger partial charge < -0.3 is 25.0 Å². The SMILES string of the molecule is C[C@H](O)CNc1nc2ccccc2n1CC(=O)Nc1ccc(OC(F)(F)F)cc1. The maximum Gasteiger partial charge on any atom is 0.573 e. The Morgan fingerprint density at radius 3 is 2.55 bits per heavy atom. The first kappa shape index (κ1) is 20.5. The van der Waals surface area contributed by atoms with Gasteiger partial charge in [-0.25, -0.2) is 4.98 Å². The van der Waals surface area contributed by atoms with Gasteiger partial charge in [0.1, 0.15) is 12.3 Å². The van der Waals surface area contributed by atoms with Crippen LogP contribution in [-0.2, 0) is 11.3 Å². The van der Waals surface area contributed by atoms with Gasteiger partial charge in [0.25, 0.3) is 0 Å². The minimum Gasteiger partial charge on any atom is -0.406 e. The van der Waals surface area contributed by atoms with Crippen molar-refractivity contribution in [1.29, 1.82) is 0 Å². The van der Waals surface area contributed by atoms with Crippen molar-refractivity contribution in [1.82, 2.24) is 9.55 Å². The molecule has 1 aromatic heterocycles. The number of aliphatic hydroxyl groups excluding tert-OH is 1. The van der Waals surface area contributed by atoms with Crippen molar-refractivity contribution in [2.24, 2.45) is 0 Å². The van der Waals surface area contributed by atoms with Crippen molar-refractivity contribution in [2.45, 2.75) is 25.9 Å². The lowest BCUT2D eigenvalue weighted by atomic mass is 10.3. The number of imidazole rings is 1. The highest BCUT2D eigenvalue weighted by Crippen LogP contribution is 2.24. The maximum absolute atomic E-state index is 12.5. The Balaban J connectivity index is 1.73. The molecule has 3 aromatic rings. The molecule has 154 valence electrons. The molecule has 0 unspecified atom stereocenters. The molecule has 0 aliphatic carbocycles. The second-order valence-corrected chi connectivity index (χ2v) is 6.36. The number of nitrogens with zero attached hydrogens (tertiary/aromatic N) is 2. The van der Waals surface area contributed by atoms with E-state index in [4.69, 9.17) is 0 Å². The Labute approximate surface area is 164 Å². The number of para-hydroxylation sites is 2. The molecular formula is C19H19F3N4O3. The van der Waals surface area contributed by atoms with Crippen LogP contribution in [0.2, 0.25) is 0 Å². The zero-order valence-electron chi connectivity index (χ0n) is 15.4. The third-order valence-electron chi connectivity index (χ3n) is 3.88. The van der Waals surface area contributed by atoms with Crippen LogP contribution in [0.25, 0.3) is 11.0 Å².